The van der Waals surface area contributed by atoms with Crippen LogP contribution in [-0.2, 0) is 4.79 Å². The number of anilines is 2. The summed E-state index contributed by atoms with van der Waals surface area (Å²) >= 11 is 3.24. The number of β-amino-alcohol motifs (C(OH)–C–C–N with tert-alkyl or cyclic N) is 1. The van der Waals surface area contributed by atoms with Crippen molar-refractivity contribution < 1.29 is 9.90 Å². The van der Waals surface area contributed by atoms with Gasteiger partial charge in [0.2, 0.25) is 11.9 Å². The van der Waals surface area contributed by atoms with Crippen molar-refractivity contribution in [3.05, 3.63) is 23.6 Å². The van der Waals surface area contributed by atoms with E-state index in [9.17, 15) is 9.90 Å². The molecule has 144 valence electrons. The number of likely N-dealkylation sites (tertiary alicyclic amines) is 1. The molecule has 1 atom stereocenters. The van der Waals surface area contributed by atoms with Gasteiger partial charge in [-0.05, 0) is 30.7 Å². The largest absolute Gasteiger partial charge is 0.391 e. The lowest BCUT2D eigenvalue weighted by Crippen LogP contribution is -2.56. The minimum atomic E-state index is -0.448. The second-order valence-electron chi connectivity index (χ2n) is 7.27. The Kier molecular flexibility index (Phi) is 5.00. The van der Waals surface area contributed by atoms with Gasteiger partial charge in [-0.25, -0.2) is 4.98 Å². The van der Waals surface area contributed by atoms with Gasteiger partial charge in [-0.1, -0.05) is 17.8 Å². The number of likely N-dealkylation sites (N-methyl/N-ethyl adjacent to an activating group) is 1. The minimum absolute atomic E-state index is 0.156. The van der Waals surface area contributed by atoms with E-state index in [2.05, 4.69) is 20.9 Å². The number of piperidine rings is 2. The van der Waals surface area contributed by atoms with E-state index in [4.69, 9.17) is 5.73 Å². The fraction of sp³-hybridized carbons (Fsp3) is 0.500. The molecule has 1 unspecified atom stereocenters. The Labute approximate surface area is 166 Å². The zero-order valence-electron chi connectivity index (χ0n) is 15.2. The van der Waals surface area contributed by atoms with Crippen molar-refractivity contribution in [1.82, 2.24) is 14.9 Å². The summed E-state index contributed by atoms with van der Waals surface area (Å²) in [4.78, 5) is 25.3. The van der Waals surface area contributed by atoms with Crippen LogP contribution >= 0.6 is 23.1 Å². The van der Waals surface area contributed by atoms with Crippen molar-refractivity contribution in [3.8, 4) is 0 Å². The molecule has 1 spiro atoms. The number of rotatable bonds is 3. The van der Waals surface area contributed by atoms with E-state index in [1.807, 2.05) is 17.5 Å². The summed E-state index contributed by atoms with van der Waals surface area (Å²) in [6.45, 7) is 1.85. The van der Waals surface area contributed by atoms with Gasteiger partial charge in [-0.2, -0.15) is 4.98 Å². The fourth-order valence-electron chi connectivity index (χ4n) is 4.06. The Bertz CT molecular complexity index is 821. The van der Waals surface area contributed by atoms with Crippen LogP contribution in [0.4, 0.5) is 11.8 Å². The van der Waals surface area contributed by atoms with Gasteiger partial charge >= 0.3 is 0 Å². The van der Waals surface area contributed by atoms with Crippen LogP contribution in [0.15, 0.2) is 32.8 Å². The first-order valence-electron chi connectivity index (χ1n) is 9.00. The average Bonchev–Trinajstić information content (AvgIpc) is 3.13. The standard InChI is InChI=1S/C18H23N5O2S2/c1-22-11-12(24)10-18(16(22)25)4-6-23(7-5-18)13-9-14(21-17(19)20-13)27-15-3-2-8-26-15/h2-3,8-9,12,24H,4-7,10-11H2,1H3,(H2,19,20,21). The van der Waals surface area contributed by atoms with Gasteiger partial charge in [0.15, 0.2) is 0 Å². The highest BCUT2D eigenvalue weighted by atomic mass is 32.2. The Hall–Kier alpha value is -1.84. The van der Waals surface area contributed by atoms with Crippen LogP contribution in [0.1, 0.15) is 19.3 Å². The maximum absolute atomic E-state index is 12.7. The zero-order chi connectivity index (χ0) is 19.0. The second-order valence-corrected chi connectivity index (χ2v) is 9.54. The number of aromatic nitrogens is 2. The monoisotopic (exact) mass is 405 g/mol. The first-order chi connectivity index (χ1) is 12.9. The molecule has 2 saturated heterocycles. The number of amides is 1. The zero-order valence-corrected chi connectivity index (χ0v) is 16.8. The first-order valence-corrected chi connectivity index (χ1v) is 10.7. The first kappa shape index (κ1) is 18.5. The van der Waals surface area contributed by atoms with Crippen molar-refractivity contribution in [2.24, 2.45) is 5.41 Å². The highest BCUT2D eigenvalue weighted by Gasteiger charge is 2.47. The van der Waals surface area contributed by atoms with Gasteiger partial charge < -0.3 is 20.6 Å². The molecule has 0 bridgehead atoms. The maximum atomic E-state index is 12.7. The van der Waals surface area contributed by atoms with Crippen LogP contribution in [0.5, 0.6) is 0 Å². The van der Waals surface area contributed by atoms with Crippen molar-refractivity contribution in [3.63, 3.8) is 0 Å². The normalized spacial score (nSPS) is 22.4. The van der Waals surface area contributed by atoms with Crippen LogP contribution in [0.25, 0.3) is 0 Å². The number of thiophene rings is 1. The number of nitrogens with zero attached hydrogens (tertiary/aromatic N) is 4. The second kappa shape index (κ2) is 7.29. The van der Waals surface area contributed by atoms with Crippen molar-refractivity contribution in [2.45, 2.75) is 34.6 Å². The number of aliphatic hydroxyl groups is 1. The quantitative estimate of drug-likeness (QED) is 0.755. The third-order valence-electron chi connectivity index (χ3n) is 5.36. The molecule has 2 aliphatic rings. The molecule has 0 aromatic carbocycles. The van der Waals surface area contributed by atoms with Gasteiger partial charge in [-0.15, -0.1) is 11.3 Å². The molecule has 0 saturated carbocycles. The van der Waals surface area contributed by atoms with Gasteiger partial charge in [0.05, 0.1) is 15.7 Å². The summed E-state index contributed by atoms with van der Waals surface area (Å²) in [7, 11) is 1.78. The van der Waals surface area contributed by atoms with Crippen LogP contribution in [-0.4, -0.2) is 58.7 Å². The lowest BCUT2D eigenvalue weighted by molar-refractivity contribution is -0.152. The molecule has 2 aliphatic heterocycles. The number of carbonyl (C=O) groups is 1. The van der Waals surface area contributed by atoms with Crippen LogP contribution in [0, 0.1) is 5.41 Å². The molecule has 1 amide bonds. The molecule has 0 aliphatic carbocycles. The molecule has 27 heavy (non-hydrogen) atoms. The van der Waals surface area contributed by atoms with Gasteiger partial charge in [-0.3, -0.25) is 4.79 Å². The van der Waals surface area contributed by atoms with Crippen LogP contribution in [0.2, 0.25) is 0 Å². The van der Waals surface area contributed by atoms with Crippen LogP contribution < -0.4 is 10.6 Å². The summed E-state index contributed by atoms with van der Waals surface area (Å²) in [6.07, 6.45) is 1.53. The summed E-state index contributed by atoms with van der Waals surface area (Å²) in [5, 5.41) is 13.0. The van der Waals surface area contributed by atoms with E-state index in [1.54, 1.807) is 35.0 Å². The Morgan fingerprint density at radius 3 is 2.85 bits per heavy atom. The smallest absolute Gasteiger partial charge is 0.228 e. The summed E-state index contributed by atoms with van der Waals surface area (Å²) in [5.41, 5.74) is 5.49. The number of hydrogen-bond acceptors (Lipinski definition) is 8. The summed E-state index contributed by atoms with van der Waals surface area (Å²) < 4.78 is 1.15. The third kappa shape index (κ3) is 3.76. The van der Waals surface area contributed by atoms with Gasteiger partial charge in [0.1, 0.15) is 10.8 Å². The predicted molar refractivity (Wildman–Crippen MR) is 107 cm³/mol. The van der Waals surface area contributed by atoms with E-state index < -0.39 is 11.5 Å². The highest BCUT2D eigenvalue weighted by molar-refractivity contribution is 8.01. The maximum Gasteiger partial charge on any atom is 0.228 e. The SMILES string of the molecule is CN1CC(O)CC2(CCN(c3cc(Sc4cccs4)nc(N)n3)CC2)C1=O. The highest BCUT2D eigenvalue weighted by Crippen LogP contribution is 2.42. The number of aliphatic hydroxyl groups excluding tert-OH is 1. The van der Waals surface area contributed by atoms with E-state index >= 15 is 0 Å². The lowest BCUT2D eigenvalue weighted by atomic mass is 9.71. The topological polar surface area (TPSA) is 95.6 Å². The fourth-order valence-corrected chi connectivity index (χ4v) is 5.78. The van der Waals surface area contributed by atoms with Crippen LogP contribution in [0.3, 0.4) is 0 Å². The van der Waals surface area contributed by atoms with E-state index in [-0.39, 0.29) is 11.9 Å². The molecule has 2 fully saturated rings. The molecule has 9 heteroatoms. The molecule has 4 heterocycles. The Balaban J connectivity index is 1.49. The van der Waals surface area contributed by atoms with E-state index in [1.165, 1.54) is 0 Å². The molecular formula is C18H23N5O2S2. The molecule has 2 aromatic heterocycles. The lowest BCUT2D eigenvalue weighted by Gasteiger charge is -2.47. The molecule has 7 nitrogen and oxygen atoms in total. The molecule has 0 radical (unpaired) electrons. The average molecular weight is 406 g/mol. The number of nitrogen functional groups attached to an aromatic ring is 1. The number of nitrogens with two attached hydrogens (primary N) is 1. The molecule has 2 aromatic rings. The van der Waals surface area contributed by atoms with Crippen molar-refractivity contribution in [1.29, 1.82) is 0 Å². The Morgan fingerprint density at radius 2 is 2.15 bits per heavy atom. The Morgan fingerprint density at radius 1 is 1.37 bits per heavy atom. The summed E-state index contributed by atoms with van der Waals surface area (Å²) in [6, 6.07) is 6.02. The minimum Gasteiger partial charge on any atom is -0.391 e. The third-order valence-corrected chi connectivity index (χ3v) is 7.32. The van der Waals surface area contributed by atoms with Crippen molar-refractivity contribution in [2.75, 3.05) is 37.3 Å². The predicted octanol–water partition coefficient (Wildman–Crippen LogP) is 2.08. The van der Waals surface area contributed by atoms with E-state index in [0.29, 0.717) is 38.9 Å². The molecular weight excluding hydrogens is 382 g/mol. The van der Waals surface area contributed by atoms with Gasteiger partial charge in [0.25, 0.3) is 0 Å². The van der Waals surface area contributed by atoms with Gasteiger partial charge in [0, 0.05) is 32.7 Å². The number of carbonyl (C=O) groups excluding carboxylic acids is 1. The molecule has 4 rings (SSSR count). The molecule has 3 N–H and O–H groups in total. The van der Waals surface area contributed by atoms with E-state index in [0.717, 1.165) is 15.1 Å². The summed E-state index contributed by atoms with van der Waals surface area (Å²) in [5.74, 6) is 1.22. The van der Waals surface area contributed by atoms with Crippen molar-refractivity contribution >= 4 is 40.8 Å². The number of hydrogen-bond donors (Lipinski definition) is 2.